The van der Waals surface area contributed by atoms with Crippen LogP contribution in [0.5, 0.6) is 0 Å². The van der Waals surface area contributed by atoms with E-state index in [-0.39, 0.29) is 5.91 Å². The summed E-state index contributed by atoms with van der Waals surface area (Å²) in [5, 5.41) is 2.97. The van der Waals surface area contributed by atoms with Crippen LogP contribution in [-0.2, 0) is 4.79 Å². The topological polar surface area (TPSA) is 32.3 Å². The van der Waals surface area contributed by atoms with Crippen LogP contribution in [0.4, 0.5) is 0 Å². The van der Waals surface area contributed by atoms with E-state index in [1.54, 1.807) is 11.0 Å². The van der Waals surface area contributed by atoms with Crippen molar-refractivity contribution in [2.24, 2.45) is 0 Å². The van der Waals surface area contributed by atoms with Gasteiger partial charge in [-0.2, -0.15) is 0 Å². The normalized spacial score (nSPS) is 9.50. The Labute approximate surface area is 74.4 Å². The Morgan fingerprint density at radius 3 is 2.50 bits per heavy atom. The number of nitrogens with one attached hydrogen (secondary N) is 1. The lowest BCUT2D eigenvalue weighted by molar-refractivity contribution is -0.129. The van der Waals surface area contributed by atoms with E-state index in [4.69, 9.17) is 0 Å². The predicted molar refractivity (Wildman–Crippen MR) is 51.0 cm³/mol. The molecule has 1 N–H and O–H groups in total. The third kappa shape index (κ3) is 4.13. The van der Waals surface area contributed by atoms with Crippen molar-refractivity contribution in [1.29, 1.82) is 0 Å². The van der Waals surface area contributed by atoms with Crippen LogP contribution in [0, 0.1) is 0 Å². The second-order valence-corrected chi connectivity index (χ2v) is 2.49. The Morgan fingerprint density at radius 2 is 2.08 bits per heavy atom. The molecule has 3 heteroatoms. The summed E-state index contributed by atoms with van der Waals surface area (Å²) >= 11 is 0. The average Bonchev–Trinajstić information content (AvgIpc) is 2.07. The van der Waals surface area contributed by atoms with Gasteiger partial charge in [0.25, 0.3) is 0 Å². The summed E-state index contributed by atoms with van der Waals surface area (Å²) in [7, 11) is 0. The fraction of sp³-hybridized carbons (Fsp3) is 0.667. The van der Waals surface area contributed by atoms with E-state index in [1.807, 2.05) is 13.8 Å². The van der Waals surface area contributed by atoms with Crippen molar-refractivity contribution in [3.8, 4) is 0 Å². The fourth-order valence-electron chi connectivity index (χ4n) is 0.969. The fourth-order valence-corrected chi connectivity index (χ4v) is 0.969. The Hall–Kier alpha value is -0.830. The third-order valence-corrected chi connectivity index (χ3v) is 1.68. The van der Waals surface area contributed by atoms with Gasteiger partial charge < -0.3 is 10.2 Å². The molecule has 0 aliphatic heterocycles. The molecule has 0 rings (SSSR count). The number of amides is 1. The monoisotopic (exact) mass is 170 g/mol. The minimum Gasteiger partial charge on any atom is -0.342 e. The summed E-state index contributed by atoms with van der Waals surface area (Å²) in [5.41, 5.74) is 0. The first kappa shape index (κ1) is 11.2. The molecule has 0 radical (unpaired) electrons. The van der Waals surface area contributed by atoms with Gasteiger partial charge in [-0.05, 0) is 13.8 Å². The van der Waals surface area contributed by atoms with E-state index in [0.29, 0.717) is 13.1 Å². The molecule has 0 saturated carbocycles. The van der Waals surface area contributed by atoms with Gasteiger partial charge in [0.2, 0.25) is 5.91 Å². The van der Waals surface area contributed by atoms with Crippen molar-refractivity contribution in [2.75, 3.05) is 26.2 Å². The molecule has 0 spiro atoms. The standard InChI is InChI=1S/C9H18N2O/c1-4-7-10-8-9(12)11(5-2)6-3/h4,10H,1,5-8H2,2-3H3. The van der Waals surface area contributed by atoms with E-state index < -0.39 is 0 Å². The maximum absolute atomic E-state index is 11.3. The van der Waals surface area contributed by atoms with Crippen molar-refractivity contribution in [3.63, 3.8) is 0 Å². The molecule has 0 unspecified atom stereocenters. The van der Waals surface area contributed by atoms with E-state index in [1.165, 1.54) is 0 Å². The number of rotatable bonds is 6. The Bertz CT molecular complexity index is 141. The lowest BCUT2D eigenvalue weighted by Crippen LogP contribution is -2.37. The molecular weight excluding hydrogens is 152 g/mol. The minimum atomic E-state index is 0.154. The van der Waals surface area contributed by atoms with E-state index >= 15 is 0 Å². The number of hydrogen-bond donors (Lipinski definition) is 1. The Balaban J connectivity index is 3.61. The highest BCUT2D eigenvalue weighted by Crippen LogP contribution is 1.86. The largest absolute Gasteiger partial charge is 0.342 e. The molecule has 0 aromatic carbocycles. The van der Waals surface area contributed by atoms with Crippen LogP contribution in [0.3, 0.4) is 0 Å². The molecule has 12 heavy (non-hydrogen) atoms. The van der Waals surface area contributed by atoms with Crippen molar-refractivity contribution in [3.05, 3.63) is 12.7 Å². The van der Waals surface area contributed by atoms with Gasteiger partial charge in [-0.25, -0.2) is 0 Å². The summed E-state index contributed by atoms with van der Waals surface area (Å²) < 4.78 is 0. The molecule has 0 bridgehead atoms. The van der Waals surface area contributed by atoms with Crippen molar-refractivity contribution < 1.29 is 4.79 Å². The first-order valence-corrected chi connectivity index (χ1v) is 4.35. The maximum atomic E-state index is 11.3. The highest BCUT2D eigenvalue weighted by Gasteiger charge is 2.06. The lowest BCUT2D eigenvalue weighted by atomic mass is 10.4. The number of likely N-dealkylation sites (N-methyl/N-ethyl adjacent to an activating group) is 1. The summed E-state index contributed by atoms with van der Waals surface area (Å²) in [6.07, 6.45) is 1.75. The Morgan fingerprint density at radius 1 is 1.50 bits per heavy atom. The van der Waals surface area contributed by atoms with Gasteiger partial charge in [0.1, 0.15) is 0 Å². The SMILES string of the molecule is C=CCNCC(=O)N(CC)CC. The zero-order valence-electron chi connectivity index (χ0n) is 7.97. The van der Waals surface area contributed by atoms with Crippen LogP contribution in [0.15, 0.2) is 12.7 Å². The maximum Gasteiger partial charge on any atom is 0.236 e. The first-order valence-electron chi connectivity index (χ1n) is 4.35. The second kappa shape index (κ2) is 6.85. The van der Waals surface area contributed by atoms with Crippen LogP contribution < -0.4 is 5.32 Å². The quantitative estimate of drug-likeness (QED) is 0.468. The third-order valence-electron chi connectivity index (χ3n) is 1.68. The van der Waals surface area contributed by atoms with Crippen LogP contribution in [0.1, 0.15) is 13.8 Å². The highest BCUT2D eigenvalue weighted by molar-refractivity contribution is 5.78. The molecule has 0 fully saturated rings. The van der Waals surface area contributed by atoms with E-state index in [0.717, 1.165) is 13.1 Å². The molecule has 0 saturated heterocycles. The van der Waals surface area contributed by atoms with Crippen LogP contribution in [0.25, 0.3) is 0 Å². The number of carbonyl (C=O) groups excluding carboxylic acids is 1. The molecule has 70 valence electrons. The molecule has 0 heterocycles. The van der Waals surface area contributed by atoms with Gasteiger partial charge in [0, 0.05) is 19.6 Å². The van der Waals surface area contributed by atoms with Gasteiger partial charge in [0.05, 0.1) is 6.54 Å². The summed E-state index contributed by atoms with van der Waals surface area (Å²) in [5.74, 6) is 0.154. The molecular formula is C9H18N2O. The van der Waals surface area contributed by atoms with Crippen molar-refractivity contribution >= 4 is 5.91 Å². The zero-order valence-corrected chi connectivity index (χ0v) is 7.97. The molecule has 3 nitrogen and oxygen atoms in total. The van der Waals surface area contributed by atoms with Crippen LogP contribution in [0.2, 0.25) is 0 Å². The van der Waals surface area contributed by atoms with Gasteiger partial charge in [-0.3, -0.25) is 4.79 Å². The molecule has 0 aliphatic rings. The smallest absolute Gasteiger partial charge is 0.236 e. The van der Waals surface area contributed by atoms with Crippen LogP contribution >= 0.6 is 0 Å². The number of nitrogens with zero attached hydrogens (tertiary/aromatic N) is 1. The number of carbonyl (C=O) groups is 1. The van der Waals surface area contributed by atoms with Gasteiger partial charge in [-0.1, -0.05) is 6.08 Å². The summed E-state index contributed by atoms with van der Waals surface area (Å²) in [6, 6.07) is 0. The highest BCUT2D eigenvalue weighted by atomic mass is 16.2. The van der Waals surface area contributed by atoms with Crippen molar-refractivity contribution in [1.82, 2.24) is 10.2 Å². The minimum absolute atomic E-state index is 0.154. The van der Waals surface area contributed by atoms with Crippen LogP contribution in [-0.4, -0.2) is 37.0 Å². The predicted octanol–water partition coefficient (Wildman–Crippen LogP) is 0.630. The van der Waals surface area contributed by atoms with Crippen molar-refractivity contribution in [2.45, 2.75) is 13.8 Å². The number of hydrogen-bond acceptors (Lipinski definition) is 2. The van der Waals surface area contributed by atoms with E-state index in [9.17, 15) is 4.79 Å². The molecule has 0 aromatic rings. The molecule has 0 aliphatic carbocycles. The zero-order chi connectivity index (χ0) is 9.40. The molecule has 0 atom stereocenters. The first-order chi connectivity index (χ1) is 5.76. The summed E-state index contributed by atoms with van der Waals surface area (Å²) in [6.45, 7) is 10.2. The molecule has 0 aromatic heterocycles. The summed E-state index contributed by atoms with van der Waals surface area (Å²) in [4.78, 5) is 13.1. The Kier molecular flexibility index (Phi) is 6.38. The second-order valence-electron chi connectivity index (χ2n) is 2.49. The van der Waals surface area contributed by atoms with Gasteiger partial charge >= 0.3 is 0 Å². The van der Waals surface area contributed by atoms with Gasteiger partial charge in [-0.15, -0.1) is 6.58 Å². The molecule has 1 amide bonds. The van der Waals surface area contributed by atoms with E-state index in [2.05, 4.69) is 11.9 Å². The lowest BCUT2D eigenvalue weighted by Gasteiger charge is -2.18. The van der Waals surface area contributed by atoms with Gasteiger partial charge in [0.15, 0.2) is 0 Å². The average molecular weight is 170 g/mol.